The molecule has 7 heteroatoms. The van der Waals surface area contributed by atoms with Crippen LogP contribution < -0.4 is 0 Å². The van der Waals surface area contributed by atoms with Gasteiger partial charge in [0.1, 0.15) is 0 Å². The summed E-state index contributed by atoms with van der Waals surface area (Å²) < 4.78 is 38.4. The van der Waals surface area contributed by atoms with Crippen LogP contribution in [0.4, 0.5) is 13.2 Å². The van der Waals surface area contributed by atoms with Crippen LogP contribution in [0, 0.1) is 5.41 Å². The van der Waals surface area contributed by atoms with E-state index in [1.54, 1.807) is 36.3 Å². The molecule has 27 heavy (non-hydrogen) atoms. The van der Waals surface area contributed by atoms with Crippen molar-refractivity contribution in [3.05, 3.63) is 53.9 Å². The molecule has 1 saturated heterocycles. The summed E-state index contributed by atoms with van der Waals surface area (Å²) in [6, 6.07) is 7.62. The van der Waals surface area contributed by atoms with Gasteiger partial charge >= 0.3 is 6.18 Å². The molecule has 0 unspecified atom stereocenters. The van der Waals surface area contributed by atoms with Crippen molar-refractivity contribution >= 4 is 11.8 Å². The lowest BCUT2D eigenvalue weighted by molar-refractivity contribution is -0.137. The Morgan fingerprint density at radius 1 is 1.11 bits per heavy atom. The van der Waals surface area contributed by atoms with Crippen LogP contribution in [0.25, 0.3) is 0 Å². The number of likely N-dealkylation sites (tertiary alicyclic amines) is 1. The van der Waals surface area contributed by atoms with Crippen LogP contribution in [0.15, 0.2) is 47.9 Å². The number of fused-ring (bicyclic) bond motifs is 1. The third-order valence-electron chi connectivity index (χ3n) is 5.95. The van der Waals surface area contributed by atoms with Crippen molar-refractivity contribution in [1.82, 2.24) is 14.9 Å². The highest BCUT2D eigenvalue weighted by Gasteiger charge is 2.69. The summed E-state index contributed by atoms with van der Waals surface area (Å²) >= 11 is 1.66. The maximum absolute atomic E-state index is 12.8. The van der Waals surface area contributed by atoms with Crippen molar-refractivity contribution in [2.45, 2.75) is 36.5 Å². The van der Waals surface area contributed by atoms with Gasteiger partial charge in [-0.3, -0.25) is 0 Å². The summed E-state index contributed by atoms with van der Waals surface area (Å²) in [6.07, 6.45) is 1.33. The highest BCUT2D eigenvalue weighted by molar-refractivity contribution is 7.99. The van der Waals surface area contributed by atoms with Gasteiger partial charge in [0.2, 0.25) is 0 Å². The Labute approximate surface area is 161 Å². The van der Waals surface area contributed by atoms with Crippen molar-refractivity contribution in [3.63, 3.8) is 0 Å². The summed E-state index contributed by atoms with van der Waals surface area (Å²) in [5, 5.41) is 0.801. The molecule has 144 valence electrons. The van der Waals surface area contributed by atoms with E-state index in [-0.39, 0.29) is 10.8 Å². The van der Waals surface area contributed by atoms with Gasteiger partial charge in [0.15, 0.2) is 5.16 Å². The standard InChI is InChI=1S/C20H22F3N3S/c1-18-12-19(18,15-4-6-16(7-5-15)20(21,22)23)14-26(13-18)10-3-11-27-17-24-8-2-9-25-17/h2,4-9H,3,10-14H2,1H3/t18-,19+/m0/s1. The number of nitrogens with zero attached hydrogens (tertiary/aromatic N) is 3. The lowest BCUT2D eigenvalue weighted by Crippen LogP contribution is -2.28. The molecule has 0 amide bonds. The van der Waals surface area contributed by atoms with Gasteiger partial charge in [-0.05, 0) is 48.6 Å². The van der Waals surface area contributed by atoms with Gasteiger partial charge in [0.25, 0.3) is 0 Å². The summed E-state index contributed by atoms with van der Waals surface area (Å²) in [6.45, 7) is 5.21. The Kier molecular flexibility index (Phi) is 4.71. The van der Waals surface area contributed by atoms with Gasteiger partial charge in [-0.2, -0.15) is 13.2 Å². The average molecular weight is 393 g/mol. The molecule has 1 aliphatic heterocycles. The normalized spacial score (nSPS) is 27.6. The van der Waals surface area contributed by atoms with E-state index in [9.17, 15) is 13.2 Å². The van der Waals surface area contributed by atoms with E-state index in [1.807, 2.05) is 6.07 Å². The average Bonchev–Trinajstić information content (AvgIpc) is 3.12. The first-order valence-corrected chi connectivity index (χ1v) is 10.1. The van der Waals surface area contributed by atoms with Crippen LogP contribution in [0.2, 0.25) is 0 Å². The Morgan fingerprint density at radius 2 is 1.81 bits per heavy atom. The molecule has 2 fully saturated rings. The predicted octanol–water partition coefficient (Wildman–Crippen LogP) is 4.64. The number of halogens is 3. The third kappa shape index (κ3) is 3.59. The first-order valence-electron chi connectivity index (χ1n) is 9.12. The third-order valence-corrected chi connectivity index (χ3v) is 6.91. The zero-order valence-electron chi connectivity index (χ0n) is 15.2. The van der Waals surface area contributed by atoms with Crippen LogP contribution in [-0.4, -0.2) is 40.3 Å². The van der Waals surface area contributed by atoms with Crippen molar-refractivity contribution in [2.75, 3.05) is 25.4 Å². The lowest BCUT2D eigenvalue weighted by atomic mass is 9.89. The van der Waals surface area contributed by atoms with Crippen molar-refractivity contribution in [2.24, 2.45) is 5.41 Å². The fraction of sp³-hybridized carbons (Fsp3) is 0.500. The van der Waals surface area contributed by atoms with Gasteiger partial charge in [0, 0.05) is 36.7 Å². The number of thioether (sulfide) groups is 1. The van der Waals surface area contributed by atoms with Gasteiger partial charge in [-0.25, -0.2) is 9.97 Å². The molecular weight excluding hydrogens is 371 g/mol. The molecule has 2 aliphatic rings. The maximum atomic E-state index is 12.8. The molecular formula is C20H22F3N3S. The lowest BCUT2D eigenvalue weighted by Gasteiger charge is -2.21. The Balaban J connectivity index is 1.33. The van der Waals surface area contributed by atoms with Crippen LogP contribution in [0.1, 0.15) is 30.9 Å². The van der Waals surface area contributed by atoms with Gasteiger partial charge < -0.3 is 4.90 Å². The summed E-state index contributed by atoms with van der Waals surface area (Å²) in [7, 11) is 0. The highest BCUT2D eigenvalue weighted by Crippen LogP contribution is 2.68. The van der Waals surface area contributed by atoms with E-state index in [0.717, 1.165) is 48.9 Å². The molecule has 1 aliphatic carbocycles. The zero-order valence-corrected chi connectivity index (χ0v) is 16.0. The first-order chi connectivity index (χ1) is 12.8. The van der Waals surface area contributed by atoms with E-state index in [4.69, 9.17) is 0 Å². The van der Waals surface area contributed by atoms with Crippen molar-refractivity contribution in [1.29, 1.82) is 0 Å². The SMILES string of the molecule is C[C@]12CN(CCCSc3ncccn3)C[C@@]1(c1ccc(C(F)(F)F)cc1)C2. The van der Waals surface area contributed by atoms with Crippen LogP contribution in [-0.2, 0) is 11.6 Å². The number of hydrogen-bond donors (Lipinski definition) is 0. The largest absolute Gasteiger partial charge is 0.416 e. The van der Waals surface area contributed by atoms with Gasteiger partial charge in [-0.15, -0.1) is 0 Å². The number of piperidine rings is 1. The van der Waals surface area contributed by atoms with Gasteiger partial charge in [-0.1, -0.05) is 30.8 Å². The molecule has 1 saturated carbocycles. The molecule has 4 rings (SSSR count). The number of hydrogen-bond acceptors (Lipinski definition) is 4. The number of alkyl halides is 3. The fourth-order valence-corrected chi connectivity index (χ4v) is 5.22. The second-order valence-electron chi connectivity index (χ2n) is 7.84. The number of rotatable bonds is 6. The molecule has 2 atom stereocenters. The molecule has 0 N–H and O–H groups in total. The highest BCUT2D eigenvalue weighted by atomic mass is 32.2. The molecule has 0 radical (unpaired) electrons. The Morgan fingerprint density at radius 3 is 2.48 bits per heavy atom. The second-order valence-corrected chi connectivity index (χ2v) is 8.90. The fourth-order valence-electron chi connectivity index (χ4n) is 4.50. The minimum absolute atomic E-state index is 0.0206. The smallest absolute Gasteiger partial charge is 0.302 e. The topological polar surface area (TPSA) is 29.0 Å². The second kappa shape index (κ2) is 6.78. The van der Waals surface area contributed by atoms with Crippen molar-refractivity contribution < 1.29 is 13.2 Å². The molecule has 1 aromatic heterocycles. The number of benzene rings is 1. The maximum Gasteiger partial charge on any atom is 0.416 e. The van der Waals surface area contributed by atoms with E-state index in [2.05, 4.69) is 21.8 Å². The quantitative estimate of drug-likeness (QED) is 0.406. The van der Waals surface area contributed by atoms with Crippen molar-refractivity contribution in [3.8, 4) is 0 Å². The Hall–Kier alpha value is -1.60. The minimum atomic E-state index is -4.27. The van der Waals surface area contributed by atoms with E-state index in [1.165, 1.54) is 12.1 Å². The zero-order chi connectivity index (χ0) is 19.1. The van der Waals surface area contributed by atoms with Crippen LogP contribution >= 0.6 is 11.8 Å². The Bertz CT molecular complexity index is 796. The molecule has 1 aromatic carbocycles. The monoisotopic (exact) mass is 393 g/mol. The van der Waals surface area contributed by atoms with E-state index in [0.29, 0.717) is 0 Å². The van der Waals surface area contributed by atoms with Crippen LogP contribution in [0.3, 0.4) is 0 Å². The summed E-state index contributed by atoms with van der Waals surface area (Å²) in [5.74, 6) is 0.963. The summed E-state index contributed by atoms with van der Waals surface area (Å²) in [5.41, 5.74) is 0.683. The van der Waals surface area contributed by atoms with E-state index >= 15 is 0 Å². The summed E-state index contributed by atoms with van der Waals surface area (Å²) in [4.78, 5) is 10.9. The van der Waals surface area contributed by atoms with Gasteiger partial charge in [0.05, 0.1) is 5.56 Å². The number of aromatic nitrogens is 2. The molecule has 2 aromatic rings. The van der Waals surface area contributed by atoms with Crippen LogP contribution in [0.5, 0.6) is 0 Å². The molecule has 0 spiro atoms. The molecule has 2 heterocycles. The van der Waals surface area contributed by atoms with E-state index < -0.39 is 11.7 Å². The molecule has 0 bridgehead atoms. The predicted molar refractivity (Wildman–Crippen MR) is 99.7 cm³/mol. The minimum Gasteiger partial charge on any atom is -0.302 e. The molecule has 3 nitrogen and oxygen atoms in total. The first kappa shape index (κ1) is 18.7.